The topological polar surface area (TPSA) is 19.6 Å². The summed E-state index contributed by atoms with van der Waals surface area (Å²) in [6, 6.07) is 72.9. The van der Waals surface area contributed by atoms with E-state index in [0.29, 0.717) is 0 Å². The highest BCUT2D eigenvalue weighted by Crippen LogP contribution is 2.53. The summed E-state index contributed by atoms with van der Waals surface area (Å²) in [6.07, 6.45) is 0. The van der Waals surface area contributed by atoms with Crippen molar-refractivity contribution in [3.8, 4) is 22.3 Å². The summed E-state index contributed by atoms with van der Waals surface area (Å²) < 4.78 is 7.23. The Kier molecular flexibility index (Phi) is 9.75. The second-order valence-electron chi connectivity index (χ2n) is 23.8. The van der Waals surface area contributed by atoms with Gasteiger partial charge >= 0.3 is 0 Å². The Hall–Kier alpha value is -7.88. The number of nitrogens with zero attached hydrogens (tertiary/aromatic N) is 2. The first-order chi connectivity index (χ1) is 35.0. The number of rotatable bonds is 6. The first-order valence-electron chi connectivity index (χ1n) is 26.1. The minimum absolute atomic E-state index is 0.0359. The standard InChI is InChI=1S/C70H62N2O/c1-67(2,3)43-23-27-45(28-24-43)71(48-31-35-54-52-18-13-15-21-60(52)69(7,8)62(54)40-48)47-33-37-57-59(39-47)51-17-11-12-20-56(51)65-58-38-34-50(42-64(58)73-66(57)65)72(46-29-25-44(26-30-46)68(4,5)6)49-32-36-55-53-19-14-16-22-61(53)70(9,10)63(55)41-49/h11-42H,1-10H3. The zero-order valence-electron chi connectivity index (χ0n) is 43.8. The number of hydrogen-bond donors (Lipinski definition) is 0. The molecule has 0 atom stereocenters. The largest absolute Gasteiger partial charge is 0.455 e. The zero-order chi connectivity index (χ0) is 50.3. The molecule has 358 valence electrons. The average molecular weight is 947 g/mol. The molecule has 0 radical (unpaired) electrons. The molecular formula is C70H62N2O. The molecule has 0 spiro atoms. The Morgan fingerprint density at radius 2 is 0.726 bits per heavy atom. The van der Waals surface area contributed by atoms with Crippen molar-refractivity contribution in [2.24, 2.45) is 0 Å². The van der Waals surface area contributed by atoms with Crippen LogP contribution in [0, 0.1) is 0 Å². The van der Waals surface area contributed by atoms with Gasteiger partial charge < -0.3 is 14.2 Å². The fraction of sp³-hybridized carbons (Fsp3) is 0.200. The molecule has 73 heavy (non-hydrogen) atoms. The quantitative estimate of drug-likeness (QED) is 0.155. The summed E-state index contributed by atoms with van der Waals surface area (Å²) in [4.78, 5) is 4.85. The number of anilines is 6. The lowest BCUT2D eigenvalue weighted by atomic mass is 9.82. The summed E-state index contributed by atoms with van der Waals surface area (Å²) in [5.74, 6) is 0. The van der Waals surface area contributed by atoms with E-state index in [1.54, 1.807) is 0 Å². The maximum Gasteiger partial charge on any atom is 0.143 e. The Morgan fingerprint density at radius 3 is 1.23 bits per heavy atom. The lowest BCUT2D eigenvalue weighted by molar-refractivity contribution is 0.590. The fourth-order valence-electron chi connectivity index (χ4n) is 12.5. The maximum atomic E-state index is 7.23. The van der Waals surface area contributed by atoms with Crippen molar-refractivity contribution >= 4 is 77.6 Å². The van der Waals surface area contributed by atoms with Gasteiger partial charge in [-0.2, -0.15) is 0 Å². The minimum atomic E-state index is -0.132. The fourth-order valence-corrected chi connectivity index (χ4v) is 12.5. The van der Waals surface area contributed by atoms with Crippen molar-refractivity contribution in [1.82, 2.24) is 0 Å². The second-order valence-corrected chi connectivity index (χ2v) is 23.8. The van der Waals surface area contributed by atoms with Gasteiger partial charge in [0.25, 0.3) is 0 Å². The monoisotopic (exact) mass is 946 g/mol. The van der Waals surface area contributed by atoms with Crippen LogP contribution >= 0.6 is 0 Å². The third kappa shape index (κ3) is 6.92. The van der Waals surface area contributed by atoms with Crippen LogP contribution in [0.2, 0.25) is 0 Å². The van der Waals surface area contributed by atoms with Gasteiger partial charge in [-0.1, -0.05) is 178 Å². The molecule has 0 saturated carbocycles. The predicted octanol–water partition coefficient (Wildman–Crippen LogP) is 20.0. The highest BCUT2D eigenvalue weighted by Gasteiger charge is 2.37. The van der Waals surface area contributed by atoms with Gasteiger partial charge in [0.05, 0.1) is 0 Å². The molecule has 0 N–H and O–H groups in total. The van der Waals surface area contributed by atoms with Crippen LogP contribution in [0.5, 0.6) is 0 Å². The van der Waals surface area contributed by atoms with Crippen molar-refractivity contribution in [3.05, 3.63) is 228 Å². The van der Waals surface area contributed by atoms with Gasteiger partial charge in [-0.25, -0.2) is 0 Å². The lowest BCUT2D eigenvalue weighted by Gasteiger charge is -2.29. The van der Waals surface area contributed by atoms with Crippen molar-refractivity contribution in [1.29, 1.82) is 0 Å². The third-order valence-corrected chi connectivity index (χ3v) is 16.6. The molecule has 3 nitrogen and oxygen atoms in total. The molecule has 0 fully saturated rings. The van der Waals surface area contributed by atoms with Gasteiger partial charge in [-0.05, 0) is 161 Å². The molecule has 1 aromatic heterocycles. The molecule has 2 aliphatic carbocycles. The minimum Gasteiger partial charge on any atom is -0.455 e. The highest BCUT2D eigenvalue weighted by atomic mass is 16.3. The Labute approximate surface area is 430 Å². The Morgan fingerprint density at radius 1 is 0.329 bits per heavy atom. The summed E-state index contributed by atoms with van der Waals surface area (Å²) in [7, 11) is 0. The molecule has 10 aromatic carbocycles. The molecular weight excluding hydrogens is 885 g/mol. The molecule has 2 aliphatic rings. The molecule has 0 unspecified atom stereocenters. The number of benzene rings is 10. The third-order valence-electron chi connectivity index (χ3n) is 16.6. The molecule has 0 bridgehead atoms. The normalized spacial score (nSPS) is 14.4. The lowest BCUT2D eigenvalue weighted by Crippen LogP contribution is -2.17. The van der Waals surface area contributed by atoms with Gasteiger partial charge in [0.2, 0.25) is 0 Å². The van der Waals surface area contributed by atoms with Gasteiger partial charge in [-0.3, -0.25) is 0 Å². The van der Waals surface area contributed by atoms with Crippen LogP contribution in [0.4, 0.5) is 34.1 Å². The van der Waals surface area contributed by atoms with Gasteiger partial charge in [0, 0.05) is 67.2 Å². The molecule has 13 rings (SSSR count). The van der Waals surface area contributed by atoms with E-state index in [4.69, 9.17) is 4.42 Å². The van der Waals surface area contributed by atoms with Crippen molar-refractivity contribution in [3.63, 3.8) is 0 Å². The van der Waals surface area contributed by atoms with E-state index >= 15 is 0 Å². The van der Waals surface area contributed by atoms with Crippen LogP contribution in [0.1, 0.15) is 103 Å². The van der Waals surface area contributed by atoms with E-state index in [9.17, 15) is 0 Å². The molecule has 0 saturated heterocycles. The summed E-state index contributed by atoms with van der Waals surface area (Å²) in [6.45, 7) is 23.1. The molecule has 11 aromatic rings. The number of fused-ring (bicyclic) bond motifs is 14. The van der Waals surface area contributed by atoms with E-state index in [1.807, 2.05) is 0 Å². The predicted molar refractivity (Wildman–Crippen MR) is 311 cm³/mol. The van der Waals surface area contributed by atoms with Gasteiger partial charge in [0.15, 0.2) is 0 Å². The van der Waals surface area contributed by atoms with E-state index in [1.165, 1.54) is 66.4 Å². The van der Waals surface area contributed by atoms with Crippen LogP contribution in [-0.2, 0) is 21.7 Å². The Balaban J connectivity index is 0.980. The molecule has 1 heterocycles. The molecule has 0 aliphatic heterocycles. The summed E-state index contributed by atoms with van der Waals surface area (Å²) >= 11 is 0. The SMILES string of the molecule is CC(C)(C)c1ccc(N(c2ccc3c(c2)C(C)(C)c2ccccc2-3)c2ccc3c(c2)oc2c4ccc(N(c5ccc(C(C)(C)C)cc5)c5ccc6c(c5)C(C)(C)c5ccccc5-6)cc4c4ccccc4c32)cc1. The first-order valence-corrected chi connectivity index (χ1v) is 26.1. The van der Waals surface area contributed by atoms with Crippen LogP contribution in [0.3, 0.4) is 0 Å². The maximum absolute atomic E-state index is 7.23. The van der Waals surface area contributed by atoms with Crippen molar-refractivity contribution < 1.29 is 4.42 Å². The Bertz CT molecular complexity index is 4040. The van der Waals surface area contributed by atoms with Crippen LogP contribution in [-0.4, -0.2) is 0 Å². The number of hydrogen-bond acceptors (Lipinski definition) is 3. The van der Waals surface area contributed by atoms with Gasteiger partial charge in [-0.15, -0.1) is 0 Å². The van der Waals surface area contributed by atoms with Crippen LogP contribution < -0.4 is 9.80 Å². The van der Waals surface area contributed by atoms with Crippen molar-refractivity contribution in [2.75, 3.05) is 9.80 Å². The average Bonchev–Trinajstić information content (AvgIpc) is 3.96. The van der Waals surface area contributed by atoms with E-state index in [2.05, 4.69) is 273 Å². The van der Waals surface area contributed by atoms with Gasteiger partial charge in [0.1, 0.15) is 11.2 Å². The summed E-state index contributed by atoms with van der Waals surface area (Å²) in [5, 5.41) is 6.89. The summed E-state index contributed by atoms with van der Waals surface area (Å²) in [5.41, 5.74) is 21.6. The molecule has 3 heteroatoms. The highest BCUT2D eigenvalue weighted by molar-refractivity contribution is 6.30. The molecule has 0 amide bonds. The number of furan rings is 1. The van der Waals surface area contributed by atoms with E-state index < -0.39 is 0 Å². The van der Waals surface area contributed by atoms with Crippen LogP contribution in [0.15, 0.2) is 199 Å². The zero-order valence-corrected chi connectivity index (χ0v) is 43.8. The van der Waals surface area contributed by atoms with E-state index in [-0.39, 0.29) is 21.7 Å². The van der Waals surface area contributed by atoms with E-state index in [0.717, 1.165) is 66.8 Å². The first kappa shape index (κ1) is 45.0. The second kappa shape index (κ2) is 15.8. The smallest absolute Gasteiger partial charge is 0.143 e. The van der Waals surface area contributed by atoms with Crippen LogP contribution in [0.25, 0.3) is 65.7 Å². The van der Waals surface area contributed by atoms with Crippen molar-refractivity contribution in [2.45, 2.75) is 90.9 Å².